The maximum atomic E-state index is 11.7. The van der Waals surface area contributed by atoms with Crippen molar-refractivity contribution in [2.24, 2.45) is 0 Å². The number of amides is 1. The molecular weight excluding hydrogens is 338 g/mol. The molecule has 0 saturated heterocycles. The van der Waals surface area contributed by atoms with Gasteiger partial charge in [-0.15, -0.1) is 0 Å². The Hall–Kier alpha value is -3.99. The van der Waals surface area contributed by atoms with E-state index in [4.69, 9.17) is 10.00 Å². The van der Waals surface area contributed by atoms with Gasteiger partial charge in [0.2, 0.25) is 0 Å². The van der Waals surface area contributed by atoms with Gasteiger partial charge < -0.3 is 10.1 Å². The number of rotatable bonds is 6. The van der Waals surface area contributed by atoms with Crippen LogP contribution in [-0.4, -0.2) is 23.4 Å². The minimum Gasteiger partial charge on any atom is -0.452 e. The van der Waals surface area contributed by atoms with E-state index in [2.05, 4.69) is 5.32 Å². The van der Waals surface area contributed by atoms with Crippen molar-refractivity contribution >= 4 is 29.3 Å². The smallest absolute Gasteiger partial charge is 0.331 e. The molecule has 0 aromatic heterocycles. The summed E-state index contributed by atoms with van der Waals surface area (Å²) in [5.41, 5.74) is 1.34. The van der Waals surface area contributed by atoms with Gasteiger partial charge in [-0.3, -0.25) is 14.9 Å². The summed E-state index contributed by atoms with van der Waals surface area (Å²) in [6.45, 7) is -0.486. The zero-order chi connectivity index (χ0) is 18.9. The second kappa shape index (κ2) is 8.75. The van der Waals surface area contributed by atoms with Gasteiger partial charge in [-0.1, -0.05) is 6.07 Å². The third kappa shape index (κ3) is 5.58. The van der Waals surface area contributed by atoms with Crippen LogP contribution in [0, 0.1) is 21.4 Å². The fourth-order valence-corrected chi connectivity index (χ4v) is 1.92. The summed E-state index contributed by atoms with van der Waals surface area (Å²) >= 11 is 0. The summed E-state index contributed by atoms with van der Waals surface area (Å²) in [4.78, 5) is 33.4. The number of non-ortho nitro benzene ring substituents is 1. The highest BCUT2D eigenvalue weighted by Gasteiger charge is 2.07. The summed E-state index contributed by atoms with van der Waals surface area (Å²) in [6.07, 6.45) is 2.53. The molecule has 1 amide bonds. The van der Waals surface area contributed by atoms with Crippen molar-refractivity contribution < 1.29 is 19.2 Å². The average Bonchev–Trinajstić information content (AvgIpc) is 2.65. The fraction of sp³-hybridized carbons (Fsp3) is 0.0556. The minimum atomic E-state index is -0.732. The van der Waals surface area contributed by atoms with Crippen molar-refractivity contribution in [3.8, 4) is 6.07 Å². The van der Waals surface area contributed by atoms with Gasteiger partial charge in [-0.05, 0) is 42.0 Å². The van der Waals surface area contributed by atoms with Gasteiger partial charge in [0, 0.05) is 23.9 Å². The molecule has 1 N–H and O–H groups in total. The summed E-state index contributed by atoms with van der Waals surface area (Å²) in [6, 6.07) is 13.9. The quantitative estimate of drug-likeness (QED) is 0.369. The second-order valence-electron chi connectivity index (χ2n) is 5.03. The van der Waals surface area contributed by atoms with Crippen LogP contribution in [0.1, 0.15) is 11.1 Å². The topological polar surface area (TPSA) is 122 Å². The van der Waals surface area contributed by atoms with Gasteiger partial charge in [0.1, 0.15) is 0 Å². The molecule has 2 rings (SSSR count). The van der Waals surface area contributed by atoms with Gasteiger partial charge in [0.05, 0.1) is 16.6 Å². The van der Waals surface area contributed by atoms with Gasteiger partial charge in [-0.25, -0.2) is 4.79 Å². The van der Waals surface area contributed by atoms with Crippen molar-refractivity contribution in [1.29, 1.82) is 5.26 Å². The molecule has 0 bridgehead atoms. The lowest BCUT2D eigenvalue weighted by Crippen LogP contribution is -2.20. The van der Waals surface area contributed by atoms with Crippen LogP contribution in [0.15, 0.2) is 54.6 Å². The van der Waals surface area contributed by atoms with Crippen LogP contribution in [0.5, 0.6) is 0 Å². The van der Waals surface area contributed by atoms with Crippen molar-refractivity contribution in [2.45, 2.75) is 0 Å². The molecule has 0 fully saturated rings. The lowest BCUT2D eigenvalue weighted by molar-refractivity contribution is -0.384. The molecule has 0 aliphatic carbocycles. The molecule has 8 heteroatoms. The van der Waals surface area contributed by atoms with E-state index >= 15 is 0 Å². The number of nitrogens with zero attached hydrogens (tertiary/aromatic N) is 2. The predicted octanol–water partition coefficient (Wildman–Crippen LogP) is 2.66. The van der Waals surface area contributed by atoms with Gasteiger partial charge in [0.15, 0.2) is 6.61 Å². The SMILES string of the molecule is N#Cc1cccc(NC(=O)COC(=O)/C=C/c2ccc([N+](=O)[O-])cc2)c1. The van der Waals surface area contributed by atoms with Crippen molar-refractivity contribution in [3.05, 3.63) is 75.8 Å². The number of esters is 1. The molecule has 0 heterocycles. The Bertz CT molecular complexity index is 898. The van der Waals surface area contributed by atoms with E-state index in [0.29, 0.717) is 16.8 Å². The molecule has 0 radical (unpaired) electrons. The number of anilines is 1. The van der Waals surface area contributed by atoms with Crippen LogP contribution in [-0.2, 0) is 14.3 Å². The van der Waals surface area contributed by atoms with Gasteiger partial charge >= 0.3 is 5.97 Å². The van der Waals surface area contributed by atoms with Crippen LogP contribution in [0.4, 0.5) is 11.4 Å². The molecule has 0 spiro atoms. The van der Waals surface area contributed by atoms with E-state index in [1.54, 1.807) is 18.2 Å². The lowest BCUT2D eigenvalue weighted by atomic mass is 10.2. The van der Waals surface area contributed by atoms with Crippen LogP contribution in [0.3, 0.4) is 0 Å². The van der Waals surface area contributed by atoms with Crippen molar-refractivity contribution in [1.82, 2.24) is 0 Å². The van der Waals surface area contributed by atoms with E-state index in [9.17, 15) is 19.7 Å². The third-order valence-electron chi connectivity index (χ3n) is 3.14. The zero-order valence-electron chi connectivity index (χ0n) is 13.4. The summed E-state index contributed by atoms with van der Waals surface area (Å²) in [5, 5.41) is 21.9. The molecule has 0 atom stereocenters. The number of carbonyl (C=O) groups is 2. The molecule has 130 valence electrons. The molecule has 0 aliphatic heterocycles. The molecule has 26 heavy (non-hydrogen) atoms. The maximum absolute atomic E-state index is 11.7. The molecule has 2 aromatic carbocycles. The third-order valence-corrected chi connectivity index (χ3v) is 3.14. The maximum Gasteiger partial charge on any atom is 0.331 e. The first-order chi connectivity index (χ1) is 12.5. The number of hydrogen-bond acceptors (Lipinski definition) is 6. The number of benzene rings is 2. The fourth-order valence-electron chi connectivity index (χ4n) is 1.92. The molecule has 0 saturated carbocycles. The monoisotopic (exact) mass is 351 g/mol. The van der Waals surface area contributed by atoms with Gasteiger partial charge in [-0.2, -0.15) is 5.26 Å². The summed E-state index contributed by atoms with van der Waals surface area (Å²) in [7, 11) is 0. The van der Waals surface area contributed by atoms with E-state index in [1.165, 1.54) is 36.4 Å². The molecule has 0 unspecified atom stereocenters. The molecule has 2 aromatic rings. The number of hydrogen-bond donors (Lipinski definition) is 1. The molecular formula is C18H13N3O5. The van der Waals surface area contributed by atoms with E-state index in [0.717, 1.165) is 6.08 Å². The second-order valence-corrected chi connectivity index (χ2v) is 5.03. The van der Waals surface area contributed by atoms with E-state index in [1.807, 2.05) is 6.07 Å². The number of carbonyl (C=O) groups excluding carboxylic acids is 2. The average molecular weight is 351 g/mol. The van der Waals surface area contributed by atoms with E-state index < -0.39 is 23.4 Å². The van der Waals surface area contributed by atoms with Crippen LogP contribution in [0.2, 0.25) is 0 Å². The Labute approximate surface area is 148 Å². The predicted molar refractivity (Wildman–Crippen MR) is 92.9 cm³/mol. The highest BCUT2D eigenvalue weighted by atomic mass is 16.6. The first kappa shape index (κ1) is 18.4. The number of ether oxygens (including phenoxy) is 1. The Morgan fingerprint density at radius 2 is 1.96 bits per heavy atom. The number of nitro groups is 1. The normalized spacial score (nSPS) is 10.1. The van der Waals surface area contributed by atoms with Gasteiger partial charge in [0.25, 0.3) is 11.6 Å². The van der Waals surface area contributed by atoms with E-state index in [-0.39, 0.29) is 5.69 Å². The number of nitro benzene ring substituents is 1. The largest absolute Gasteiger partial charge is 0.452 e. The Balaban J connectivity index is 1.83. The highest BCUT2D eigenvalue weighted by molar-refractivity contribution is 5.94. The summed E-state index contributed by atoms with van der Waals surface area (Å²) < 4.78 is 4.81. The highest BCUT2D eigenvalue weighted by Crippen LogP contribution is 2.13. The number of nitrogens with one attached hydrogen (secondary N) is 1. The summed E-state index contributed by atoms with van der Waals surface area (Å²) in [5.74, 6) is -1.28. The number of nitriles is 1. The molecule has 8 nitrogen and oxygen atoms in total. The Morgan fingerprint density at radius 3 is 2.62 bits per heavy atom. The first-order valence-corrected chi connectivity index (χ1v) is 7.37. The lowest BCUT2D eigenvalue weighted by Gasteiger charge is -2.05. The first-order valence-electron chi connectivity index (χ1n) is 7.37. The van der Waals surface area contributed by atoms with Crippen molar-refractivity contribution in [3.63, 3.8) is 0 Å². The Kier molecular flexibility index (Phi) is 6.17. The standard InChI is InChI=1S/C18H13N3O5/c19-11-14-2-1-3-15(10-14)20-17(22)12-26-18(23)9-6-13-4-7-16(8-5-13)21(24)25/h1-10H,12H2,(H,20,22)/b9-6+. The van der Waals surface area contributed by atoms with Crippen LogP contribution < -0.4 is 5.32 Å². The van der Waals surface area contributed by atoms with Crippen LogP contribution in [0.25, 0.3) is 6.08 Å². The minimum absolute atomic E-state index is 0.0538. The molecule has 0 aliphatic rings. The van der Waals surface area contributed by atoms with Crippen molar-refractivity contribution in [2.75, 3.05) is 11.9 Å². The Morgan fingerprint density at radius 1 is 1.23 bits per heavy atom. The van der Waals surface area contributed by atoms with Crippen LogP contribution >= 0.6 is 0 Å². The zero-order valence-corrected chi connectivity index (χ0v) is 13.4.